The number of hydrogen-bond acceptors (Lipinski definition) is 2. The van der Waals surface area contributed by atoms with Gasteiger partial charge in [0.2, 0.25) is 5.78 Å². The first-order chi connectivity index (χ1) is 10.0. The Kier molecular flexibility index (Phi) is 4.97. The van der Waals surface area contributed by atoms with Crippen LogP contribution in [0.25, 0.3) is 0 Å². The highest BCUT2D eigenvalue weighted by Crippen LogP contribution is 2.25. The molecule has 0 N–H and O–H groups in total. The van der Waals surface area contributed by atoms with Gasteiger partial charge in [-0.25, -0.2) is 4.39 Å². The van der Waals surface area contributed by atoms with E-state index in [4.69, 9.17) is 16.3 Å². The molecule has 0 spiro atoms. The summed E-state index contributed by atoms with van der Waals surface area (Å²) in [6.45, 7) is 3.64. The van der Waals surface area contributed by atoms with Crippen molar-refractivity contribution < 1.29 is 13.9 Å². The predicted octanol–water partition coefficient (Wildman–Crippen LogP) is 4.69. The molecule has 0 amide bonds. The molecule has 0 aliphatic heterocycles. The maximum absolute atomic E-state index is 13.8. The molecule has 2 nitrogen and oxygen atoms in total. The number of halogens is 2. The lowest BCUT2D eigenvalue weighted by atomic mass is 10.0. The molecule has 1 atom stereocenters. The van der Waals surface area contributed by atoms with Crippen LogP contribution in [0.15, 0.2) is 42.5 Å². The SMILES string of the molecule is CCc1ccc(C(=O)C(C)Oc2cccc(Cl)c2F)cc1. The first-order valence-electron chi connectivity index (χ1n) is 6.76. The van der Waals surface area contributed by atoms with Crippen molar-refractivity contribution in [1.29, 1.82) is 0 Å². The fraction of sp³-hybridized carbons (Fsp3) is 0.235. The highest BCUT2D eigenvalue weighted by atomic mass is 35.5. The van der Waals surface area contributed by atoms with Crippen LogP contribution in [0, 0.1) is 5.82 Å². The maximum atomic E-state index is 13.8. The molecule has 0 saturated carbocycles. The van der Waals surface area contributed by atoms with Gasteiger partial charge in [-0.05, 0) is 31.0 Å². The van der Waals surface area contributed by atoms with E-state index in [1.807, 2.05) is 19.1 Å². The van der Waals surface area contributed by atoms with Gasteiger partial charge in [-0.2, -0.15) is 0 Å². The van der Waals surface area contributed by atoms with E-state index in [-0.39, 0.29) is 16.6 Å². The van der Waals surface area contributed by atoms with E-state index in [1.54, 1.807) is 25.1 Å². The molecule has 2 aromatic carbocycles. The number of ketones is 1. The van der Waals surface area contributed by atoms with Crippen molar-refractivity contribution in [3.8, 4) is 5.75 Å². The average Bonchev–Trinajstić information content (AvgIpc) is 2.51. The highest BCUT2D eigenvalue weighted by Gasteiger charge is 2.19. The Balaban J connectivity index is 2.13. The van der Waals surface area contributed by atoms with Crippen LogP contribution in [-0.4, -0.2) is 11.9 Å². The largest absolute Gasteiger partial charge is 0.479 e. The summed E-state index contributed by atoms with van der Waals surface area (Å²) in [6, 6.07) is 11.8. The summed E-state index contributed by atoms with van der Waals surface area (Å²) in [6.07, 6.45) is 0.124. The van der Waals surface area contributed by atoms with Crippen molar-refractivity contribution in [2.45, 2.75) is 26.4 Å². The van der Waals surface area contributed by atoms with Crippen LogP contribution in [0.2, 0.25) is 5.02 Å². The third-order valence-corrected chi connectivity index (χ3v) is 3.53. The molecule has 2 rings (SSSR count). The summed E-state index contributed by atoms with van der Waals surface area (Å²) in [5.41, 5.74) is 1.70. The van der Waals surface area contributed by atoms with Gasteiger partial charge in [-0.15, -0.1) is 0 Å². The maximum Gasteiger partial charge on any atom is 0.202 e. The molecule has 0 fully saturated rings. The lowest BCUT2D eigenvalue weighted by molar-refractivity contribution is 0.0812. The summed E-state index contributed by atoms with van der Waals surface area (Å²) in [7, 11) is 0. The number of Topliss-reactive ketones (excluding diaryl/α,β-unsaturated/α-hetero) is 1. The topological polar surface area (TPSA) is 26.3 Å². The molecule has 0 aliphatic carbocycles. The first kappa shape index (κ1) is 15.5. The molecule has 1 unspecified atom stereocenters. The zero-order valence-electron chi connectivity index (χ0n) is 11.9. The minimum atomic E-state index is -0.787. The standard InChI is InChI=1S/C17H16ClFO2/c1-3-12-7-9-13(10-8-12)17(20)11(2)21-15-6-4-5-14(18)16(15)19/h4-11H,3H2,1-2H3. The van der Waals surface area contributed by atoms with Gasteiger partial charge in [0.25, 0.3) is 0 Å². The molecule has 4 heteroatoms. The van der Waals surface area contributed by atoms with E-state index >= 15 is 0 Å². The van der Waals surface area contributed by atoms with E-state index in [1.165, 1.54) is 12.1 Å². The van der Waals surface area contributed by atoms with Gasteiger partial charge in [0.15, 0.2) is 17.7 Å². The Hall–Kier alpha value is -1.87. The van der Waals surface area contributed by atoms with Gasteiger partial charge in [0, 0.05) is 5.56 Å². The van der Waals surface area contributed by atoms with Crippen molar-refractivity contribution in [3.63, 3.8) is 0 Å². The second kappa shape index (κ2) is 6.72. The highest BCUT2D eigenvalue weighted by molar-refractivity contribution is 6.30. The van der Waals surface area contributed by atoms with E-state index < -0.39 is 11.9 Å². The molecule has 21 heavy (non-hydrogen) atoms. The second-order valence-corrected chi connectivity index (χ2v) is 5.13. The average molecular weight is 307 g/mol. The number of carbonyl (C=O) groups excluding carboxylic acids is 1. The predicted molar refractivity (Wildman–Crippen MR) is 81.7 cm³/mol. The molecular weight excluding hydrogens is 291 g/mol. The van der Waals surface area contributed by atoms with Gasteiger partial charge in [0.05, 0.1) is 5.02 Å². The molecule has 0 heterocycles. The van der Waals surface area contributed by atoms with Crippen molar-refractivity contribution in [2.75, 3.05) is 0 Å². The molecule has 0 saturated heterocycles. The van der Waals surface area contributed by atoms with Crippen LogP contribution in [0.1, 0.15) is 29.8 Å². The summed E-state index contributed by atoms with van der Waals surface area (Å²) >= 11 is 5.69. The van der Waals surface area contributed by atoms with Crippen molar-refractivity contribution in [1.82, 2.24) is 0 Å². The molecule has 0 bridgehead atoms. The Morgan fingerprint density at radius 3 is 2.52 bits per heavy atom. The number of hydrogen-bond donors (Lipinski definition) is 0. The molecule has 2 aromatic rings. The van der Waals surface area contributed by atoms with Gasteiger partial charge in [-0.1, -0.05) is 48.9 Å². The van der Waals surface area contributed by atoms with E-state index in [9.17, 15) is 9.18 Å². The third kappa shape index (κ3) is 3.61. The minimum absolute atomic E-state index is 0.0199. The third-order valence-electron chi connectivity index (χ3n) is 3.24. The molecule has 0 aromatic heterocycles. The van der Waals surface area contributed by atoms with Crippen molar-refractivity contribution in [3.05, 3.63) is 64.4 Å². The van der Waals surface area contributed by atoms with Crippen LogP contribution in [0.5, 0.6) is 5.75 Å². The van der Waals surface area contributed by atoms with Crippen LogP contribution in [0.3, 0.4) is 0 Å². The zero-order chi connectivity index (χ0) is 15.4. The van der Waals surface area contributed by atoms with E-state index in [0.717, 1.165) is 12.0 Å². The van der Waals surface area contributed by atoms with Crippen LogP contribution < -0.4 is 4.74 Å². The van der Waals surface area contributed by atoms with Gasteiger partial charge in [-0.3, -0.25) is 4.79 Å². The Labute approximate surface area is 128 Å². The van der Waals surface area contributed by atoms with Crippen LogP contribution in [-0.2, 0) is 6.42 Å². The minimum Gasteiger partial charge on any atom is -0.479 e. The fourth-order valence-corrected chi connectivity index (χ4v) is 2.12. The fourth-order valence-electron chi connectivity index (χ4n) is 1.96. The normalized spacial score (nSPS) is 12.0. The number of aryl methyl sites for hydroxylation is 1. The summed E-state index contributed by atoms with van der Waals surface area (Å²) in [5, 5.41) is -0.0283. The van der Waals surface area contributed by atoms with Gasteiger partial charge >= 0.3 is 0 Å². The smallest absolute Gasteiger partial charge is 0.202 e. The Morgan fingerprint density at radius 1 is 1.24 bits per heavy atom. The van der Waals surface area contributed by atoms with Crippen molar-refractivity contribution >= 4 is 17.4 Å². The van der Waals surface area contributed by atoms with Gasteiger partial charge < -0.3 is 4.74 Å². The monoisotopic (exact) mass is 306 g/mol. The van der Waals surface area contributed by atoms with Crippen molar-refractivity contribution in [2.24, 2.45) is 0 Å². The number of rotatable bonds is 5. The molecular formula is C17H16ClFO2. The summed E-state index contributed by atoms with van der Waals surface area (Å²) in [4.78, 5) is 12.3. The Morgan fingerprint density at radius 2 is 1.90 bits per heavy atom. The summed E-state index contributed by atoms with van der Waals surface area (Å²) in [5.74, 6) is -0.870. The quantitative estimate of drug-likeness (QED) is 0.749. The molecule has 0 radical (unpaired) electrons. The van der Waals surface area contributed by atoms with E-state index in [2.05, 4.69) is 0 Å². The van der Waals surface area contributed by atoms with Crippen LogP contribution >= 0.6 is 11.6 Å². The second-order valence-electron chi connectivity index (χ2n) is 4.73. The lowest BCUT2D eigenvalue weighted by Crippen LogP contribution is -2.24. The van der Waals surface area contributed by atoms with Gasteiger partial charge in [0.1, 0.15) is 0 Å². The number of carbonyl (C=O) groups is 1. The molecule has 0 aliphatic rings. The van der Waals surface area contributed by atoms with Crippen LogP contribution in [0.4, 0.5) is 4.39 Å². The number of ether oxygens (including phenoxy) is 1. The number of benzene rings is 2. The summed E-state index contributed by atoms with van der Waals surface area (Å²) < 4.78 is 19.1. The lowest BCUT2D eigenvalue weighted by Gasteiger charge is -2.14. The Bertz CT molecular complexity index is 638. The van der Waals surface area contributed by atoms with E-state index in [0.29, 0.717) is 5.56 Å². The zero-order valence-corrected chi connectivity index (χ0v) is 12.7. The first-order valence-corrected chi connectivity index (χ1v) is 7.14. The molecule has 110 valence electrons.